The summed E-state index contributed by atoms with van der Waals surface area (Å²) in [6.45, 7) is 2.69. The minimum atomic E-state index is 0.359. The predicted octanol–water partition coefficient (Wildman–Crippen LogP) is 2.72. The zero-order chi connectivity index (χ0) is 19.5. The molecule has 7 nitrogen and oxygen atoms in total. The van der Waals surface area contributed by atoms with E-state index in [4.69, 9.17) is 0 Å². The molecule has 146 valence electrons. The van der Waals surface area contributed by atoms with Crippen molar-refractivity contribution in [3.63, 3.8) is 0 Å². The van der Waals surface area contributed by atoms with Crippen LogP contribution < -0.4 is 4.90 Å². The van der Waals surface area contributed by atoms with E-state index in [-0.39, 0.29) is 0 Å². The van der Waals surface area contributed by atoms with Crippen LogP contribution in [0.4, 0.5) is 5.82 Å². The Morgan fingerprint density at radius 3 is 2.54 bits per heavy atom. The molecule has 3 aromatic rings. The van der Waals surface area contributed by atoms with Crippen LogP contribution >= 0.6 is 0 Å². The molecule has 0 amide bonds. The van der Waals surface area contributed by atoms with Crippen LogP contribution in [0.15, 0.2) is 42.5 Å². The molecule has 2 aromatic heterocycles. The Kier molecular flexibility index (Phi) is 5.34. The van der Waals surface area contributed by atoms with Crippen molar-refractivity contribution >= 4 is 5.82 Å². The molecular weight excluding hydrogens is 350 g/mol. The summed E-state index contributed by atoms with van der Waals surface area (Å²) in [6, 6.07) is 14.3. The molecule has 1 aliphatic rings. The molecule has 1 aromatic carbocycles. The van der Waals surface area contributed by atoms with Crippen molar-refractivity contribution in [3.8, 4) is 11.3 Å². The highest BCUT2D eigenvalue weighted by molar-refractivity contribution is 5.59. The molecule has 0 radical (unpaired) electrons. The van der Waals surface area contributed by atoms with Crippen LogP contribution in [-0.2, 0) is 13.6 Å². The lowest BCUT2D eigenvalue weighted by Gasteiger charge is -2.32. The normalized spacial score (nSPS) is 17.3. The second-order valence-corrected chi connectivity index (χ2v) is 7.70. The third-order valence-electron chi connectivity index (χ3n) is 5.29. The van der Waals surface area contributed by atoms with Crippen molar-refractivity contribution in [2.24, 2.45) is 7.05 Å². The van der Waals surface area contributed by atoms with Gasteiger partial charge >= 0.3 is 0 Å². The minimum Gasteiger partial charge on any atom is -0.354 e. The van der Waals surface area contributed by atoms with Crippen molar-refractivity contribution in [2.75, 3.05) is 32.1 Å². The van der Waals surface area contributed by atoms with Crippen molar-refractivity contribution < 1.29 is 0 Å². The number of anilines is 1. The second kappa shape index (κ2) is 8.06. The van der Waals surface area contributed by atoms with Gasteiger partial charge in [-0.15, -0.1) is 20.4 Å². The average molecular weight is 377 g/mol. The maximum Gasteiger partial charge on any atom is 0.151 e. The number of hydrogen-bond donors (Lipinski definition) is 0. The molecule has 28 heavy (non-hydrogen) atoms. The molecule has 0 saturated carbocycles. The highest BCUT2D eigenvalue weighted by Crippen LogP contribution is 2.28. The lowest BCUT2D eigenvalue weighted by molar-refractivity contribution is 0.382. The van der Waals surface area contributed by atoms with Gasteiger partial charge in [0.2, 0.25) is 0 Å². The fourth-order valence-electron chi connectivity index (χ4n) is 3.80. The van der Waals surface area contributed by atoms with Crippen LogP contribution in [-0.4, -0.2) is 57.0 Å². The molecule has 1 aliphatic heterocycles. The topological polar surface area (TPSA) is 63.0 Å². The van der Waals surface area contributed by atoms with E-state index in [1.54, 1.807) is 0 Å². The number of nitrogens with zero attached hydrogens (tertiary/aromatic N) is 7. The van der Waals surface area contributed by atoms with Gasteiger partial charge in [0.1, 0.15) is 11.6 Å². The Morgan fingerprint density at radius 1 is 1.00 bits per heavy atom. The molecule has 0 spiro atoms. The summed E-state index contributed by atoms with van der Waals surface area (Å²) in [5.74, 6) is 3.36. The Hall–Kier alpha value is -2.80. The second-order valence-electron chi connectivity index (χ2n) is 7.70. The van der Waals surface area contributed by atoms with Crippen LogP contribution in [0.5, 0.6) is 0 Å². The zero-order valence-corrected chi connectivity index (χ0v) is 16.8. The Morgan fingerprint density at radius 2 is 1.82 bits per heavy atom. The number of hydrogen-bond acceptors (Lipinski definition) is 6. The molecular formula is C21H27N7. The number of aromatic nitrogens is 5. The molecule has 0 bridgehead atoms. The third-order valence-corrected chi connectivity index (χ3v) is 5.29. The third kappa shape index (κ3) is 3.89. The molecule has 1 atom stereocenters. The van der Waals surface area contributed by atoms with E-state index in [2.05, 4.69) is 80.2 Å². The highest BCUT2D eigenvalue weighted by atomic mass is 15.3. The van der Waals surface area contributed by atoms with Crippen LogP contribution in [0.3, 0.4) is 0 Å². The first-order valence-corrected chi connectivity index (χ1v) is 9.79. The van der Waals surface area contributed by atoms with Gasteiger partial charge in [0.05, 0.1) is 12.2 Å². The van der Waals surface area contributed by atoms with Crippen molar-refractivity contribution in [2.45, 2.75) is 25.3 Å². The van der Waals surface area contributed by atoms with Gasteiger partial charge in [-0.1, -0.05) is 30.3 Å². The molecule has 3 heterocycles. The summed E-state index contributed by atoms with van der Waals surface area (Å²) in [7, 11) is 6.17. The van der Waals surface area contributed by atoms with Crippen molar-refractivity contribution in [1.29, 1.82) is 0 Å². The first-order valence-electron chi connectivity index (χ1n) is 9.79. The molecule has 4 rings (SSSR count). The summed E-state index contributed by atoms with van der Waals surface area (Å²) in [4.78, 5) is 4.43. The first kappa shape index (κ1) is 18.6. The van der Waals surface area contributed by atoms with Gasteiger partial charge in [-0.05, 0) is 39.1 Å². The Labute approximate surface area is 166 Å². The smallest absolute Gasteiger partial charge is 0.151 e. The number of piperidine rings is 1. The van der Waals surface area contributed by atoms with Crippen LogP contribution in [0.2, 0.25) is 0 Å². The van der Waals surface area contributed by atoms with Gasteiger partial charge in [0, 0.05) is 31.6 Å². The molecule has 1 saturated heterocycles. The maximum absolute atomic E-state index is 4.50. The van der Waals surface area contributed by atoms with E-state index in [1.165, 1.54) is 0 Å². The van der Waals surface area contributed by atoms with Crippen LogP contribution in [0, 0.1) is 0 Å². The average Bonchev–Trinajstić information content (AvgIpc) is 3.08. The molecule has 0 N–H and O–H groups in total. The van der Waals surface area contributed by atoms with Crippen molar-refractivity contribution in [1.82, 2.24) is 29.9 Å². The SMILES string of the molecule is CN(C)Cc1nnc([C@@H]2CCCN(c3ccc(-c4ccccc4)nn3)C2)n1C. The lowest BCUT2D eigenvalue weighted by atomic mass is 9.97. The summed E-state index contributed by atoms with van der Waals surface area (Å²) in [5, 5.41) is 17.8. The van der Waals surface area contributed by atoms with Gasteiger partial charge in [0.25, 0.3) is 0 Å². The molecule has 0 unspecified atom stereocenters. The Balaban J connectivity index is 1.49. The van der Waals surface area contributed by atoms with E-state index < -0.39 is 0 Å². The van der Waals surface area contributed by atoms with E-state index in [1.807, 2.05) is 18.2 Å². The fourth-order valence-corrected chi connectivity index (χ4v) is 3.80. The predicted molar refractivity (Wildman–Crippen MR) is 110 cm³/mol. The summed E-state index contributed by atoms with van der Waals surface area (Å²) < 4.78 is 2.15. The maximum atomic E-state index is 4.50. The van der Waals surface area contributed by atoms with Gasteiger partial charge in [-0.25, -0.2) is 0 Å². The van der Waals surface area contributed by atoms with E-state index in [9.17, 15) is 0 Å². The summed E-state index contributed by atoms with van der Waals surface area (Å²) in [6.07, 6.45) is 2.24. The lowest BCUT2D eigenvalue weighted by Crippen LogP contribution is -2.36. The van der Waals surface area contributed by atoms with E-state index >= 15 is 0 Å². The van der Waals surface area contributed by atoms with Crippen LogP contribution in [0.25, 0.3) is 11.3 Å². The standard InChI is InChI=1S/C21H27N7/c1-26(2)15-20-24-25-21(27(20)3)17-10-7-13-28(14-17)19-12-11-18(22-23-19)16-8-5-4-6-9-16/h4-6,8-9,11-12,17H,7,10,13-15H2,1-3H3/t17-/m1/s1. The first-order chi connectivity index (χ1) is 13.6. The van der Waals surface area contributed by atoms with Gasteiger partial charge < -0.3 is 14.4 Å². The minimum absolute atomic E-state index is 0.359. The van der Waals surface area contributed by atoms with Gasteiger partial charge in [-0.3, -0.25) is 0 Å². The molecule has 1 fully saturated rings. The number of rotatable bonds is 5. The van der Waals surface area contributed by atoms with E-state index in [0.29, 0.717) is 5.92 Å². The summed E-state index contributed by atoms with van der Waals surface area (Å²) >= 11 is 0. The zero-order valence-electron chi connectivity index (χ0n) is 16.8. The largest absolute Gasteiger partial charge is 0.354 e. The van der Waals surface area contributed by atoms with Gasteiger partial charge in [-0.2, -0.15) is 0 Å². The summed E-state index contributed by atoms with van der Waals surface area (Å²) in [5.41, 5.74) is 1.99. The fraction of sp³-hybridized carbons (Fsp3) is 0.429. The Bertz CT molecular complexity index is 902. The quantitative estimate of drug-likeness (QED) is 0.681. The van der Waals surface area contributed by atoms with Gasteiger partial charge in [0.15, 0.2) is 5.82 Å². The van der Waals surface area contributed by atoms with Crippen LogP contribution in [0.1, 0.15) is 30.4 Å². The van der Waals surface area contributed by atoms with Crippen molar-refractivity contribution in [3.05, 3.63) is 54.1 Å². The van der Waals surface area contributed by atoms with E-state index in [0.717, 1.165) is 61.2 Å². The number of benzene rings is 1. The molecule has 0 aliphatic carbocycles. The highest BCUT2D eigenvalue weighted by Gasteiger charge is 2.27. The monoisotopic (exact) mass is 377 g/mol. The molecule has 7 heteroatoms.